The second-order valence-corrected chi connectivity index (χ2v) is 8.30. The Morgan fingerprint density at radius 2 is 1.97 bits per heavy atom. The minimum Gasteiger partial charge on any atom is -0.431 e. The van der Waals surface area contributed by atoms with E-state index in [4.69, 9.17) is 4.42 Å². The molecule has 2 aromatic carbocycles. The molecule has 0 saturated heterocycles. The normalized spacial score (nSPS) is 13.3. The number of hydrogen-bond donors (Lipinski definition) is 1. The molecule has 5 rings (SSSR count). The van der Waals surface area contributed by atoms with Gasteiger partial charge < -0.3 is 14.3 Å². The van der Waals surface area contributed by atoms with Gasteiger partial charge in [0.15, 0.2) is 5.58 Å². The summed E-state index contributed by atoms with van der Waals surface area (Å²) in [6, 6.07) is 15.4. The highest BCUT2D eigenvalue weighted by atomic mass is 32.2. The highest BCUT2D eigenvalue weighted by Gasteiger charge is 2.15. The summed E-state index contributed by atoms with van der Waals surface area (Å²) in [5.74, 6) is 1.64. The van der Waals surface area contributed by atoms with E-state index in [1.165, 1.54) is 24.6 Å². The van der Waals surface area contributed by atoms with Crippen LogP contribution in [0.3, 0.4) is 0 Å². The zero-order valence-corrected chi connectivity index (χ0v) is 17.3. The summed E-state index contributed by atoms with van der Waals surface area (Å²) < 4.78 is 7.98. The van der Waals surface area contributed by atoms with E-state index in [-0.39, 0.29) is 5.91 Å². The summed E-state index contributed by atoms with van der Waals surface area (Å²) in [7, 11) is 0. The van der Waals surface area contributed by atoms with E-state index in [0.29, 0.717) is 23.1 Å². The summed E-state index contributed by atoms with van der Waals surface area (Å²) in [6.07, 6.45) is 5.46. The average molecular weight is 419 g/mol. The van der Waals surface area contributed by atoms with Crippen LogP contribution in [-0.4, -0.2) is 20.4 Å². The van der Waals surface area contributed by atoms with Crippen molar-refractivity contribution in [2.45, 2.75) is 43.3 Å². The van der Waals surface area contributed by atoms with Crippen LogP contribution in [0.1, 0.15) is 40.3 Å². The molecule has 1 aliphatic heterocycles. The molecule has 0 saturated carbocycles. The van der Waals surface area contributed by atoms with Crippen LogP contribution in [0.4, 0.5) is 0 Å². The fourth-order valence-corrected chi connectivity index (χ4v) is 4.59. The lowest BCUT2D eigenvalue weighted by Crippen LogP contribution is -2.24. The van der Waals surface area contributed by atoms with E-state index in [0.717, 1.165) is 41.1 Å². The highest BCUT2D eigenvalue weighted by molar-refractivity contribution is 7.98. The van der Waals surface area contributed by atoms with Gasteiger partial charge in [0.2, 0.25) is 0 Å². The minimum atomic E-state index is -0.0882. The first kappa shape index (κ1) is 18.9. The number of hydrogen-bond acceptors (Lipinski definition) is 5. The standard InChI is InChI=1S/C23H22N4O2S/c28-22(24-13-17-14-27-12-6-5-11-21(27)25-17)18-8-2-1-7-16(18)15-30-23-26-19-9-3-4-10-20(19)29-23/h1-4,7-10,14H,5-6,11-13,15H2,(H,24,28). The number of nitrogens with one attached hydrogen (secondary N) is 1. The maximum Gasteiger partial charge on any atom is 0.257 e. The molecule has 0 spiro atoms. The van der Waals surface area contributed by atoms with Crippen molar-refractivity contribution in [2.24, 2.45) is 0 Å². The third kappa shape index (κ3) is 3.98. The molecule has 3 heterocycles. The monoisotopic (exact) mass is 418 g/mol. The van der Waals surface area contributed by atoms with Crippen molar-refractivity contribution in [2.75, 3.05) is 0 Å². The van der Waals surface area contributed by atoms with Crippen LogP contribution in [0.15, 0.2) is 64.4 Å². The zero-order chi connectivity index (χ0) is 20.3. The van der Waals surface area contributed by atoms with Gasteiger partial charge in [-0.2, -0.15) is 0 Å². The molecule has 0 bridgehead atoms. The summed E-state index contributed by atoms with van der Waals surface area (Å²) in [4.78, 5) is 22.0. The van der Waals surface area contributed by atoms with Crippen LogP contribution in [-0.2, 0) is 25.3 Å². The minimum absolute atomic E-state index is 0.0882. The Kier molecular flexibility index (Phi) is 5.27. The lowest BCUT2D eigenvalue weighted by molar-refractivity contribution is 0.0949. The molecule has 0 radical (unpaired) electrons. The molecule has 0 fully saturated rings. The maximum atomic E-state index is 12.8. The number of nitrogens with zero attached hydrogens (tertiary/aromatic N) is 3. The maximum absolute atomic E-state index is 12.8. The van der Waals surface area contributed by atoms with Gasteiger partial charge in [0.05, 0.1) is 12.2 Å². The van der Waals surface area contributed by atoms with Gasteiger partial charge in [0.25, 0.3) is 11.1 Å². The number of carbonyl (C=O) groups is 1. The van der Waals surface area contributed by atoms with Crippen molar-refractivity contribution in [1.82, 2.24) is 19.9 Å². The molecule has 152 valence electrons. The molecular formula is C23H22N4O2S. The second-order valence-electron chi connectivity index (χ2n) is 7.37. The Bertz CT molecular complexity index is 1140. The van der Waals surface area contributed by atoms with E-state index in [1.54, 1.807) is 0 Å². The fraction of sp³-hybridized carbons (Fsp3) is 0.261. The zero-order valence-electron chi connectivity index (χ0n) is 16.5. The molecule has 0 unspecified atom stereocenters. The lowest BCUT2D eigenvalue weighted by atomic mass is 10.1. The summed E-state index contributed by atoms with van der Waals surface area (Å²) in [6.45, 7) is 1.46. The first-order valence-electron chi connectivity index (χ1n) is 10.2. The summed E-state index contributed by atoms with van der Waals surface area (Å²) >= 11 is 1.49. The van der Waals surface area contributed by atoms with E-state index in [1.807, 2.05) is 48.5 Å². The summed E-state index contributed by atoms with van der Waals surface area (Å²) in [5.41, 5.74) is 4.15. The molecule has 4 aromatic rings. The van der Waals surface area contributed by atoms with Crippen molar-refractivity contribution < 1.29 is 9.21 Å². The largest absolute Gasteiger partial charge is 0.431 e. The SMILES string of the molecule is O=C(NCc1cn2c(n1)CCCC2)c1ccccc1CSc1nc2ccccc2o1. The van der Waals surface area contributed by atoms with Crippen LogP contribution in [0.25, 0.3) is 11.1 Å². The van der Waals surface area contributed by atoms with Crippen molar-refractivity contribution in [3.63, 3.8) is 0 Å². The molecule has 1 amide bonds. The smallest absolute Gasteiger partial charge is 0.257 e. The fourth-order valence-electron chi connectivity index (χ4n) is 3.74. The molecule has 1 N–H and O–H groups in total. The molecule has 30 heavy (non-hydrogen) atoms. The predicted molar refractivity (Wildman–Crippen MR) is 116 cm³/mol. The number of oxazole rings is 1. The first-order chi connectivity index (χ1) is 14.8. The van der Waals surface area contributed by atoms with Crippen molar-refractivity contribution in [1.29, 1.82) is 0 Å². The van der Waals surface area contributed by atoms with Gasteiger partial charge in [-0.15, -0.1) is 0 Å². The number of imidazole rings is 1. The van der Waals surface area contributed by atoms with Crippen molar-refractivity contribution in [3.05, 3.63) is 77.4 Å². The number of fused-ring (bicyclic) bond motifs is 2. The number of amides is 1. The Balaban J connectivity index is 1.25. The molecule has 0 aliphatic carbocycles. The van der Waals surface area contributed by atoms with Gasteiger partial charge in [-0.3, -0.25) is 4.79 Å². The first-order valence-corrected chi connectivity index (χ1v) is 11.1. The van der Waals surface area contributed by atoms with Crippen LogP contribution in [0.2, 0.25) is 0 Å². The van der Waals surface area contributed by atoms with Gasteiger partial charge in [-0.05, 0) is 36.6 Å². The molecule has 1 aliphatic rings. The number of aryl methyl sites for hydroxylation is 2. The number of carbonyl (C=O) groups excluding carboxylic acids is 1. The van der Waals surface area contributed by atoms with Gasteiger partial charge in [-0.25, -0.2) is 9.97 Å². The van der Waals surface area contributed by atoms with Crippen LogP contribution >= 0.6 is 11.8 Å². The number of aromatic nitrogens is 3. The molecule has 6 nitrogen and oxygen atoms in total. The van der Waals surface area contributed by atoms with Gasteiger partial charge in [-0.1, -0.05) is 42.1 Å². The number of thioether (sulfide) groups is 1. The Morgan fingerprint density at radius 1 is 1.10 bits per heavy atom. The summed E-state index contributed by atoms with van der Waals surface area (Å²) in [5, 5.41) is 3.63. The van der Waals surface area contributed by atoms with Gasteiger partial charge in [0, 0.05) is 30.5 Å². The van der Waals surface area contributed by atoms with Gasteiger partial charge >= 0.3 is 0 Å². The van der Waals surface area contributed by atoms with E-state index in [2.05, 4.69) is 26.0 Å². The van der Waals surface area contributed by atoms with E-state index < -0.39 is 0 Å². The van der Waals surface area contributed by atoms with Crippen LogP contribution in [0, 0.1) is 0 Å². The molecule has 2 aromatic heterocycles. The molecule has 0 atom stereocenters. The van der Waals surface area contributed by atoms with Crippen LogP contribution < -0.4 is 5.32 Å². The van der Waals surface area contributed by atoms with Crippen molar-refractivity contribution in [3.8, 4) is 0 Å². The van der Waals surface area contributed by atoms with Crippen LogP contribution in [0.5, 0.6) is 0 Å². The average Bonchev–Trinajstić information content (AvgIpc) is 3.39. The topological polar surface area (TPSA) is 73.0 Å². The third-order valence-corrected chi connectivity index (χ3v) is 6.15. The van der Waals surface area contributed by atoms with Crippen molar-refractivity contribution >= 4 is 28.8 Å². The predicted octanol–water partition coefficient (Wildman–Crippen LogP) is 4.58. The molecular weight excluding hydrogens is 396 g/mol. The Morgan fingerprint density at radius 3 is 2.87 bits per heavy atom. The van der Waals surface area contributed by atoms with E-state index >= 15 is 0 Å². The number of benzene rings is 2. The Hall–Kier alpha value is -3.06. The Labute approximate surface area is 178 Å². The highest BCUT2D eigenvalue weighted by Crippen LogP contribution is 2.27. The number of para-hydroxylation sites is 2. The third-order valence-electron chi connectivity index (χ3n) is 5.28. The second kappa shape index (κ2) is 8.36. The quantitative estimate of drug-likeness (QED) is 0.464. The molecule has 7 heteroatoms. The number of rotatable bonds is 6. The van der Waals surface area contributed by atoms with E-state index in [9.17, 15) is 4.79 Å². The van der Waals surface area contributed by atoms with Gasteiger partial charge in [0.1, 0.15) is 11.3 Å². The lowest BCUT2D eigenvalue weighted by Gasteiger charge is -2.11.